The SMILES string of the molecule is Cc1ccccc1C(=O)[C@H]1[C@H](c2ccccc2)C(C#N)(C#N)[C@H]2C=Cc3cc(Cl)ccc3N12. The van der Waals surface area contributed by atoms with Crippen molar-refractivity contribution in [3.63, 3.8) is 0 Å². The number of carbonyl (C=O) groups is 1. The van der Waals surface area contributed by atoms with Gasteiger partial charge in [-0.1, -0.05) is 78.4 Å². The number of carbonyl (C=O) groups excluding carboxylic acids is 1. The van der Waals surface area contributed by atoms with Gasteiger partial charge in [0.2, 0.25) is 0 Å². The van der Waals surface area contributed by atoms with E-state index in [1.807, 2.05) is 90.7 Å². The Kier molecular flexibility index (Phi) is 5.05. The Morgan fingerprint density at radius 1 is 1.00 bits per heavy atom. The van der Waals surface area contributed by atoms with E-state index in [9.17, 15) is 15.3 Å². The third kappa shape index (κ3) is 3.07. The van der Waals surface area contributed by atoms with Crippen molar-refractivity contribution in [1.29, 1.82) is 10.5 Å². The van der Waals surface area contributed by atoms with Crippen molar-refractivity contribution in [3.8, 4) is 12.1 Å². The Labute approximate surface area is 198 Å². The number of rotatable bonds is 3. The van der Waals surface area contributed by atoms with Crippen LogP contribution in [0.15, 0.2) is 78.9 Å². The molecule has 3 atom stereocenters. The predicted octanol–water partition coefficient (Wildman–Crippen LogP) is 5.93. The highest BCUT2D eigenvalue weighted by Crippen LogP contribution is 2.55. The molecule has 0 spiro atoms. The Bertz CT molecular complexity index is 1350. The highest BCUT2D eigenvalue weighted by molar-refractivity contribution is 6.30. The maximum atomic E-state index is 14.2. The second kappa shape index (κ2) is 7.93. The Hall–Kier alpha value is -3.86. The fourth-order valence-electron chi connectivity index (χ4n) is 5.31. The molecule has 2 aliphatic rings. The molecule has 0 aromatic heterocycles. The predicted molar refractivity (Wildman–Crippen MR) is 129 cm³/mol. The first kappa shape index (κ1) is 21.0. The van der Waals surface area contributed by atoms with E-state index in [2.05, 4.69) is 12.1 Å². The van der Waals surface area contributed by atoms with E-state index in [0.717, 1.165) is 22.4 Å². The quantitative estimate of drug-likeness (QED) is 0.464. The number of nitriles is 2. The van der Waals surface area contributed by atoms with Gasteiger partial charge in [-0.15, -0.1) is 0 Å². The third-order valence-corrected chi connectivity index (χ3v) is 7.04. The van der Waals surface area contributed by atoms with E-state index in [1.165, 1.54) is 0 Å². The minimum Gasteiger partial charge on any atom is -0.351 e. The van der Waals surface area contributed by atoms with Gasteiger partial charge in [-0.25, -0.2) is 0 Å². The lowest BCUT2D eigenvalue weighted by Gasteiger charge is -2.35. The van der Waals surface area contributed by atoms with Crippen LogP contribution in [0.2, 0.25) is 5.02 Å². The molecule has 0 bridgehead atoms. The third-order valence-electron chi connectivity index (χ3n) is 6.81. The summed E-state index contributed by atoms with van der Waals surface area (Å²) < 4.78 is 0. The molecule has 0 unspecified atom stereocenters. The second-order valence-corrected chi connectivity index (χ2v) is 8.96. The smallest absolute Gasteiger partial charge is 0.186 e. The first-order valence-corrected chi connectivity index (χ1v) is 11.1. The lowest BCUT2D eigenvalue weighted by Crippen LogP contribution is -2.44. The summed E-state index contributed by atoms with van der Waals surface area (Å²) in [6.07, 6.45) is 3.76. The number of Topliss-reactive ketones (excluding diaryl/α,β-unsaturated/α-hetero) is 1. The lowest BCUT2D eigenvalue weighted by atomic mass is 9.69. The molecule has 0 N–H and O–H groups in total. The van der Waals surface area contributed by atoms with Crippen LogP contribution in [0.25, 0.3) is 6.08 Å². The number of ketones is 1. The van der Waals surface area contributed by atoms with Crippen LogP contribution in [0.5, 0.6) is 0 Å². The van der Waals surface area contributed by atoms with Gasteiger partial charge in [-0.3, -0.25) is 4.79 Å². The zero-order chi connectivity index (χ0) is 23.2. The van der Waals surface area contributed by atoms with Gasteiger partial charge in [-0.05, 0) is 41.8 Å². The standard InChI is InChI=1S/C28H20ClN3O/c1-18-7-5-6-10-22(18)27(33)26-25(19-8-3-2-4-9-19)28(16-30,17-31)24-14-11-20-15-21(29)12-13-23(20)32(24)26/h2-15,24-26H,1H3/t24-,25+,26-/m1/s1. The number of hydrogen-bond acceptors (Lipinski definition) is 4. The summed E-state index contributed by atoms with van der Waals surface area (Å²) in [7, 11) is 0. The van der Waals surface area contributed by atoms with Crippen LogP contribution >= 0.6 is 11.6 Å². The summed E-state index contributed by atoms with van der Waals surface area (Å²) in [4.78, 5) is 16.2. The minimum atomic E-state index is -1.45. The van der Waals surface area contributed by atoms with Crippen molar-refractivity contribution in [3.05, 3.63) is 106 Å². The topological polar surface area (TPSA) is 67.9 Å². The van der Waals surface area contributed by atoms with Crippen LogP contribution in [0.4, 0.5) is 5.69 Å². The zero-order valence-electron chi connectivity index (χ0n) is 17.9. The highest BCUT2D eigenvalue weighted by atomic mass is 35.5. The molecular weight excluding hydrogens is 430 g/mol. The highest BCUT2D eigenvalue weighted by Gasteiger charge is 2.63. The number of fused-ring (bicyclic) bond motifs is 3. The van der Waals surface area contributed by atoms with Crippen molar-refractivity contribution in [2.75, 3.05) is 4.90 Å². The van der Waals surface area contributed by atoms with E-state index in [-0.39, 0.29) is 5.78 Å². The van der Waals surface area contributed by atoms with Crippen LogP contribution in [0.3, 0.4) is 0 Å². The molecule has 3 aromatic rings. The van der Waals surface area contributed by atoms with Crippen molar-refractivity contribution < 1.29 is 4.79 Å². The molecule has 33 heavy (non-hydrogen) atoms. The summed E-state index contributed by atoms with van der Waals surface area (Å²) in [5.41, 5.74) is 2.47. The van der Waals surface area contributed by atoms with Gasteiger partial charge < -0.3 is 4.90 Å². The molecule has 0 radical (unpaired) electrons. The van der Waals surface area contributed by atoms with Gasteiger partial charge in [0.05, 0.1) is 18.2 Å². The van der Waals surface area contributed by atoms with Crippen LogP contribution in [-0.2, 0) is 0 Å². The molecule has 0 saturated carbocycles. The van der Waals surface area contributed by atoms with Gasteiger partial charge in [-0.2, -0.15) is 10.5 Å². The van der Waals surface area contributed by atoms with Crippen LogP contribution in [-0.4, -0.2) is 17.9 Å². The fourth-order valence-corrected chi connectivity index (χ4v) is 5.49. The first-order valence-electron chi connectivity index (χ1n) is 10.7. The average molecular weight is 450 g/mol. The Balaban J connectivity index is 1.80. The van der Waals surface area contributed by atoms with Gasteiger partial charge >= 0.3 is 0 Å². The molecule has 0 amide bonds. The summed E-state index contributed by atoms with van der Waals surface area (Å²) in [6.45, 7) is 1.91. The maximum Gasteiger partial charge on any atom is 0.186 e. The molecule has 1 fully saturated rings. The van der Waals surface area contributed by atoms with E-state index in [4.69, 9.17) is 11.6 Å². The molecule has 160 valence electrons. The van der Waals surface area contributed by atoms with Gasteiger partial charge in [0, 0.05) is 22.2 Å². The number of hydrogen-bond donors (Lipinski definition) is 0. The summed E-state index contributed by atoms with van der Waals surface area (Å²) in [6, 6.07) is 25.8. The fraction of sp³-hybridized carbons (Fsp3) is 0.179. The molecule has 4 nitrogen and oxygen atoms in total. The molecule has 3 aromatic carbocycles. The molecule has 0 aliphatic carbocycles. The van der Waals surface area contributed by atoms with Gasteiger partial charge in [0.25, 0.3) is 0 Å². The zero-order valence-corrected chi connectivity index (χ0v) is 18.7. The lowest BCUT2D eigenvalue weighted by molar-refractivity contribution is 0.0950. The number of aryl methyl sites for hydroxylation is 1. The minimum absolute atomic E-state index is 0.101. The van der Waals surface area contributed by atoms with Crippen molar-refractivity contribution >= 4 is 29.1 Å². The first-order chi connectivity index (χ1) is 16.0. The number of nitrogens with zero attached hydrogens (tertiary/aromatic N) is 3. The maximum absolute atomic E-state index is 14.2. The average Bonchev–Trinajstić information content (AvgIpc) is 3.15. The van der Waals surface area contributed by atoms with Crippen LogP contribution in [0, 0.1) is 35.0 Å². The van der Waals surface area contributed by atoms with Gasteiger partial charge in [0.15, 0.2) is 11.2 Å². The van der Waals surface area contributed by atoms with Crippen LogP contribution in [0.1, 0.15) is 33.0 Å². The summed E-state index contributed by atoms with van der Waals surface area (Å²) in [5, 5.41) is 21.5. The van der Waals surface area contributed by atoms with Crippen molar-refractivity contribution in [2.45, 2.75) is 24.9 Å². The molecule has 5 heteroatoms. The molecule has 1 saturated heterocycles. The molecule has 2 aliphatic heterocycles. The van der Waals surface area contributed by atoms with E-state index < -0.39 is 23.4 Å². The number of benzene rings is 3. The monoisotopic (exact) mass is 449 g/mol. The summed E-state index contributed by atoms with van der Waals surface area (Å²) in [5.74, 6) is -0.743. The largest absolute Gasteiger partial charge is 0.351 e. The number of halogens is 1. The van der Waals surface area contributed by atoms with Crippen molar-refractivity contribution in [2.24, 2.45) is 5.41 Å². The number of anilines is 1. The van der Waals surface area contributed by atoms with Crippen molar-refractivity contribution in [1.82, 2.24) is 0 Å². The summed E-state index contributed by atoms with van der Waals surface area (Å²) >= 11 is 6.25. The molecule has 2 heterocycles. The molecule has 5 rings (SSSR count). The van der Waals surface area contributed by atoms with Crippen LogP contribution < -0.4 is 4.90 Å². The Morgan fingerprint density at radius 3 is 2.39 bits per heavy atom. The molecular formula is C28H20ClN3O. The van der Waals surface area contributed by atoms with Gasteiger partial charge in [0.1, 0.15) is 6.04 Å². The normalized spacial score (nSPS) is 22.1. The van der Waals surface area contributed by atoms with E-state index >= 15 is 0 Å². The second-order valence-electron chi connectivity index (χ2n) is 8.52. The Morgan fingerprint density at radius 2 is 1.70 bits per heavy atom. The van der Waals surface area contributed by atoms with E-state index in [1.54, 1.807) is 6.07 Å². The van der Waals surface area contributed by atoms with E-state index in [0.29, 0.717) is 10.6 Å².